The first kappa shape index (κ1) is 16.2. The van der Waals surface area contributed by atoms with Crippen molar-refractivity contribution in [1.29, 1.82) is 0 Å². The molecule has 0 aromatic heterocycles. The Kier molecular flexibility index (Phi) is 5.56. The van der Waals surface area contributed by atoms with Crippen LogP contribution in [0.5, 0.6) is 0 Å². The Balaban J connectivity index is 1.90. The molecule has 1 aliphatic heterocycles. The average molecular weight is 316 g/mol. The van der Waals surface area contributed by atoms with Crippen LogP contribution in [0, 0.1) is 11.7 Å². The van der Waals surface area contributed by atoms with Crippen molar-refractivity contribution >= 4 is 17.6 Å². The summed E-state index contributed by atoms with van der Waals surface area (Å²) in [6.07, 6.45) is 0.289. The summed E-state index contributed by atoms with van der Waals surface area (Å²) in [6.45, 7) is 1.88. The summed E-state index contributed by atoms with van der Waals surface area (Å²) in [6, 6.07) is 4.98. The van der Waals surface area contributed by atoms with Crippen LogP contribution in [0.15, 0.2) is 18.2 Å². The van der Waals surface area contributed by atoms with Gasteiger partial charge in [0.15, 0.2) is 6.10 Å². The molecule has 1 saturated heterocycles. The number of nitrogens with zero attached hydrogens (tertiary/aromatic N) is 1. The molecular weight excluding hydrogens is 297 g/mol. The number of methoxy groups -OCH3 is 1. The highest BCUT2D eigenvalue weighted by atomic mass is 35.5. The van der Waals surface area contributed by atoms with Gasteiger partial charge in [-0.3, -0.25) is 4.90 Å². The Morgan fingerprint density at radius 3 is 2.81 bits per heavy atom. The van der Waals surface area contributed by atoms with Gasteiger partial charge < -0.3 is 9.84 Å². The lowest BCUT2D eigenvalue weighted by molar-refractivity contribution is -0.154. The zero-order chi connectivity index (χ0) is 15.4. The highest BCUT2D eigenvalue weighted by molar-refractivity contribution is 6.30. The van der Waals surface area contributed by atoms with E-state index < -0.39 is 12.1 Å². The second kappa shape index (κ2) is 7.20. The Hall–Kier alpha value is -1.17. The van der Waals surface area contributed by atoms with Crippen molar-refractivity contribution in [2.75, 3.05) is 20.2 Å². The molecule has 1 N–H and O–H groups in total. The molecule has 116 valence electrons. The van der Waals surface area contributed by atoms with Crippen molar-refractivity contribution in [3.05, 3.63) is 34.6 Å². The smallest absolute Gasteiger partial charge is 0.334 e. The van der Waals surface area contributed by atoms with Crippen LogP contribution in [0.1, 0.15) is 18.4 Å². The number of piperidine rings is 1. The van der Waals surface area contributed by atoms with Gasteiger partial charge in [0.05, 0.1) is 12.1 Å². The van der Waals surface area contributed by atoms with Crippen LogP contribution in [-0.2, 0) is 16.1 Å². The molecule has 1 aliphatic rings. The third kappa shape index (κ3) is 3.93. The SMILES string of the molecule is COC(=O)[C@@H](O)C1CCN(Cc2cccc(Cl)c2F)CC1. The van der Waals surface area contributed by atoms with Crippen molar-refractivity contribution in [3.63, 3.8) is 0 Å². The quantitative estimate of drug-likeness (QED) is 0.866. The van der Waals surface area contributed by atoms with Gasteiger partial charge >= 0.3 is 5.97 Å². The van der Waals surface area contributed by atoms with E-state index in [0.717, 1.165) is 0 Å². The molecule has 0 bridgehead atoms. The number of likely N-dealkylation sites (tertiary alicyclic amines) is 1. The molecule has 6 heteroatoms. The highest BCUT2D eigenvalue weighted by Crippen LogP contribution is 2.24. The van der Waals surface area contributed by atoms with E-state index in [-0.39, 0.29) is 16.8 Å². The Bertz CT molecular complexity index is 504. The Morgan fingerprint density at radius 1 is 1.52 bits per heavy atom. The summed E-state index contributed by atoms with van der Waals surface area (Å²) < 4.78 is 18.4. The van der Waals surface area contributed by atoms with E-state index in [4.69, 9.17) is 11.6 Å². The van der Waals surface area contributed by atoms with Crippen molar-refractivity contribution in [1.82, 2.24) is 4.90 Å². The molecule has 1 aromatic rings. The maximum Gasteiger partial charge on any atom is 0.334 e. The Morgan fingerprint density at radius 2 is 2.19 bits per heavy atom. The fourth-order valence-electron chi connectivity index (χ4n) is 2.65. The molecule has 0 aliphatic carbocycles. The normalized spacial score (nSPS) is 18.5. The van der Waals surface area contributed by atoms with E-state index in [1.165, 1.54) is 13.2 Å². The van der Waals surface area contributed by atoms with E-state index in [1.807, 2.05) is 0 Å². The van der Waals surface area contributed by atoms with Gasteiger partial charge in [-0.15, -0.1) is 0 Å². The minimum absolute atomic E-state index is 0.0992. The van der Waals surface area contributed by atoms with Gasteiger partial charge in [-0.1, -0.05) is 23.7 Å². The van der Waals surface area contributed by atoms with Crippen molar-refractivity contribution < 1.29 is 19.0 Å². The van der Waals surface area contributed by atoms with Gasteiger partial charge in [-0.05, 0) is 37.9 Å². The van der Waals surface area contributed by atoms with E-state index in [0.29, 0.717) is 38.0 Å². The van der Waals surface area contributed by atoms with Crippen LogP contribution in [0.3, 0.4) is 0 Å². The first-order valence-corrected chi connectivity index (χ1v) is 7.32. The lowest BCUT2D eigenvalue weighted by Crippen LogP contribution is -2.40. The highest BCUT2D eigenvalue weighted by Gasteiger charge is 2.30. The van der Waals surface area contributed by atoms with Crippen LogP contribution >= 0.6 is 11.6 Å². The molecule has 0 saturated carbocycles. The third-order valence-corrected chi connectivity index (χ3v) is 4.24. The topological polar surface area (TPSA) is 49.8 Å². The standard InChI is InChI=1S/C15H19ClFNO3/c1-21-15(20)14(19)10-5-7-18(8-6-10)9-11-3-2-4-12(16)13(11)17/h2-4,10,14,19H,5-9H2,1H3/t14-/m0/s1. The van der Waals surface area contributed by atoms with Crippen LogP contribution in [0.25, 0.3) is 0 Å². The summed E-state index contributed by atoms with van der Waals surface area (Å²) in [5.41, 5.74) is 0.564. The van der Waals surface area contributed by atoms with Gasteiger partial charge in [0.25, 0.3) is 0 Å². The third-order valence-electron chi connectivity index (χ3n) is 3.95. The molecule has 0 amide bonds. The second-order valence-corrected chi connectivity index (χ2v) is 5.70. The summed E-state index contributed by atoms with van der Waals surface area (Å²) in [5.74, 6) is -1.07. The number of hydrogen-bond acceptors (Lipinski definition) is 4. The molecule has 1 aromatic carbocycles. The van der Waals surface area contributed by atoms with Gasteiger partial charge in [-0.25, -0.2) is 9.18 Å². The minimum Gasteiger partial charge on any atom is -0.467 e. The molecule has 4 nitrogen and oxygen atoms in total. The number of aliphatic hydroxyl groups is 1. The number of esters is 1. The van der Waals surface area contributed by atoms with Crippen molar-refractivity contribution in [2.45, 2.75) is 25.5 Å². The summed E-state index contributed by atoms with van der Waals surface area (Å²) in [5, 5.41) is 9.96. The molecular formula is C15H19ClFNO3. The van der Waals surface area contributed by atoms with Crippen LogP contribution < -0.4 is 0 Å². The zero-order valence-corrected chi connectivity index (χ0v) is 12.6. The maximum atomic E-state index is 13.9. The molecule has 2 rings (SSSR count). The number of aliphatic hydroxyl groups excluding tert-OH is 1. The van der Waals surface area contributed by atoms with E-state index in [1.54, 1.807) is 12.1 Å². The molecule has 0 unspecified atom stereocenters. The average Bonchev–Trinajstić information content (AvgIpc) is 2.51. The van der Waals surface area contributed by atoms with Gasteiger partial charge in [0.1, 0.15) is 5.82 Å². The van der Waals surface area contributed by atoms with E-state index >= 15 is 0 Å². The monoisotopic (exact) mass is 315 g/mol. The zero-order valence-electron chi connectivity index (χ0n) is 11.9. The predicted octanol–water partition coefficient (Wildman–Crippen LogP) is 2.22. The number of benzene rings is 1. The number of hydrogen-bond donors (Lipinski definition) is 1. The Labute approximate surface area is 128 Å². The van der Waals surface area contributed by atoms with Crippen LogP contribution in [0.4, 0.5) is 4.39 Å². The number of carbonyl (C=O) groups excluding carboxylic acids is 1. The lowest BCUT2D eigenvalue weighted by Gasteiger charge is -2.33. The molecule has 0 spiro atoms. The van der Waals surface area contributed by atoms with Crippen molar-refractivity contribution in [3.8, 4) is 0 Å². The van der Waals surface area contributed by atoms with Crippen LogP contribution in [-0.4, -0.2) is 42.3 Å². The minimum atomic E-state index is -1.07. The molecule has 1 fully saturated rings. The molecule has 21 heavy (non-hydrogen) atoms. The molecule has 0 radical (unpaired) electrons. The van der Waals surface area contributed by atoms with Crippen LogP contribution in [0.2, 0.25) is 5.02 Å². The number of carbonyl (C=O) groups is 1. The number of rotatable bonds is 4. The largest absolute Gasteiger partial charge is 0.467 e. The first-order valence-electron chi connectivity index (χ1n) is 6.94. The lowest BCUT2D eigenvalue weighted by atomic mass is 9.91. The maximum absolute atomic E-state index is 13.9. The fraction of sp³-hybridized carbons (Fsp3) is 0.533. The molecule has 1 heterocycles. The first-order chi connectivity index (χ1) is 10.0. The summed E-state index contributed by atoms with van der Waals surface area (Å²) >= 11 is 5.77. The van der Waals surface area contributed by atoms with E-state index in [2.05, 4.69) is 9.64 Å². The van der Waals surface area contributed by atoms with Gasteiger partial charge in [0, 0.05) is 12.1 Å². The fourth-order valence-corrected chi connectivity index (χ4v) is 2.85. The van der Waals surface area contributed by atoms with Gasteiger partial charge in [0.2, 0.25) is 0 Å². The summed E-state index contributed by atoms with van der Waals surface area (Å²) in [4.78, 5) is 13.4. The van der Waals surface area contributed by atoms with Gasteiger partial charge in [-0.2, -0.15) is 0 Å². The second-order valence-electron chi connectivity index (χ2n) is 5.29. The number of ether oxygens (including phenoxy) is 1. The molecule has 1 atom stereocenters. The predicted molar refractivity (Wildman–Crippen MR) is 77.4 cm³/mol. The van der Waals surface area contributed by atoms with Crippen molar-refractivity contribution in [2.24, 2.45) is 5.92 Å². The summed E-state index contributed by atoms with van der Waals surface area (Å²) in [7, 11) is 1.27. The van der Waals surface area contributed by atoms with E-state index in [9.17, 15) is 14.3 Å². The number of halogens is 2.